The highest BCUT2D eigenvalue weighted by atomic mass is 35.5. The van der Waals surface area contributed by atoms with Crippen molar-refractivity contribution in [1.29, 1.82) is 0 Å². The van der Waals surface area contributed by atoms with Crippen LogP contribution in [-0.4, -0.2) is 36.4 Å². The summed E-state index contributed by atoms with van der Waals surface area (Å²) >= 11 is 6.04. The van der Waals surface area contributed by atoms with E-state index in [0.717, 1.165) is 12.8 Å². The third-order valence-electron chi connectivity index (χ3n) is 3.06. The fourth-order valence-corrected chi connectivity index (χ4v) is 2.47. The maximum absolute atomic E-state index is 13.8. The zero-order chi connectivity index (χ0) is 13.1. The summed E-state index contributed by atoms with van der Waals surface area (Å²) in [5, 5.41) is -0.0551. The molecule has 0 radical (unpaired) electrons. The normalized spacial score (nSPS) is 19.7. The van der Waals surface area contributed by atoms with Crippen molar-refractivity contribution in [3.05, 3.63) is 29.6 Å². The Labute approximate surface area is 110 Å². The molecule has 18 heavy (non-hydrogen) atoms. The second-order valence-corrected chi connectivity index (χ2v) is 4.92. The predicted molar refractivity (Wildman–Crippen MR) is 67.7 cm³/mol. The van der Waals surface area contributed by atoms with Crippen LogP contribution in [0.5, 0.6) is 5.75 Å². The Kier molecular flexibility index (Phi) is 4.07. The molecule has 1 heterocycles. The number of methoxy groups -OCH3 is 1. The molecule has 2 rings (SSSR count). The molecule has 1 fully saturated rings. The number of carbonyl (C=O) groups is 1. The van der Waals surface area contributed by atoms with Crippen LogP contribution in [0.4, 0.5) is 4.39 Å². The molecule has 1 aromatic carbocycles. The third-order valence-corrected chi connectivity index (χ3v) is 3.42. The first-order chi connectivity index (χ1) is 8.63. The van der Waals surface area contributed by atoms with Gasteiger partial charge in [-0.15, -0.1) is 11.6 Å². The van der Waals surface area contributed by atoms with Crippen LogP contribution in [0.25, 0.3) is 0 Å². The molecule has 1 atom stereocenters. The summed E-state index contributed by atoms with van der Waals surface area (Å²) in [4.78, 5) is 13.9. The van der Waals surface area contributed by atoms with Crippen molar-refractivity contribution in [3.8, 4) is 5.75 Å². The van der Waals surface area contributed by atoms with E-state index < -0.39 is 5.82 Å². The van der Waals surface area contributed by atoms with Gasteiger partial charge in [-0.3, -0.25) is 4.79 Å². The second kappa shape index (κ2) is 5.57. The topological polar surface area (TPSA) is 29.5 Å². The standard InChI is InChI=1S/C13H15ClFNO2/c1-18-11-6-2-5-10(15)12(11)13(17)16-7-3-4-9(14)8-16/h2,5-6,9H,3-4,7-8H2,1H3. The number of ether oxygens (including phenoxy) is 1. The molecule has 3 nitrogen and oxygen atoms in total. The van der Waals surface area contributed by atoms with Crippen LogP contribution in [0.2, 0.25) is 0 Å². The van der Waals surface area contributed by atoms with Gasteiger partial charge >= 0.3 is 0 Å². The minimum absolute atomic E-state index is 0.00855. The minimum atomic E-state index is -0.559. The van der Waals surface area contributed by atoms with Gasteiger partial charge in [-0.1, -0.05) is 6.07 Å². The molecule has 0 saturated carbocycles. The smallest absolute Gasteiger partial charge is 0.260 e. The monoisotopic (exact) mass is 271 g/mol. The number of amides is 1. The molecule has 0 aromatic heterocycles. The van der Waals surface area contributed by atoms with Gasteiger partial charge in [0.1, 0.15) is 17.1 Å². The largest absolute Gasteiger partial charge is 0.496 e. The van der Waals surface area contributed by atoms with Gasteiger partial charge in [0.15, 0.2) is 0 Å². The number of benzene rings is 1. The van der Waals surface area contributed by atoms with Crippen molar-refractivity contribution in [2.75, 3.05) is 20.2 Å². The lowest BCUT2D eigenvalue weighted by molar-refractivity contribution is 0.0718. The maximum atomic E-state index is 13.8. The van der Waals surface area contributed by atoms with Crippen LogP contribution >= 0.6 is 11.6 Å². The molecule has 0 N–H and O–H groups in total. The fourth-order valence-electron chi connectivity index (χ4n) is 2.15. The van der Waals surface area contributed by atoms with Gasteiger partial charge in [0, 0.05) is 13.1 Å². The first-order valence-corrected chi connectivity index (χ1v) is 6.33. The van der Waals surface area contributed by atoms with Crippen LogP contribution in [0.3, 0.4) is 0 Å². The Bertz CT molecular complexity index is 453. The average Bonchev–Trinajstić information content (AvgIpc) is 2.37. The Balaban J connectivity index is 2.28. The van der Waals surface area contributed by atoms with Gasteiger partial charge < -0.3 is 9.64 Å². The van der Waals surface area contributed by atoms with Crippen molar-refractivity contribution in [2.45, 2.75) is 18.2 Å². The Morgan fingerprint density at radius 2 is 2.33 bits per heavy atom. The highest BCUT2D eigenvalue weighted by Crippen LogP contribution is 2.25. The molecular weight excluding hydrogens is 257 g/mol. The summed E-state index contributed by atoms with van der Waals surface area (Å²) in [5.74, 6) is -0.650. The highest BCUT2D eigenvalue weighted by molar-refractivity contribution is 6.21. The van der Waals surface area contributed by atoms with Crippen LogP contribution in [0.15, 0.2) is 18.2 Å². The summed E-state index contributed by atoms with van der Waals surface area (Å²) in [7, 11) is 1.42. The van der Waals surface area contributed by atoms with E-state index in [-0.39, 0.29) is 22.6 Å². The molecule has 0 bridgehead atoms. The van der Waals surface area contributed by atoms with Gasteiger partial charge in [-0.05, 0) is 25.0 Å². The van der Waals surface area contributed by atoms with Crippen LogP contribution in [-0.2, 0) is 0 Å². The number of alkyl halides is 1. The Morgan fingerprint density at radius 3 is 3.00 bits per heavy atom. The number of hydrogen-bond donors (Lipinski definition) is 0. The minimum Gasteiger partial charge on any atom is -0.496 e. The van der Waals surface area contributed by atoms with Crippen LogP contribution in [0, 0.1) is 5.82 Å². The van der Waals surface area contributed by atoms with Crippen molar-refractivity contribution in [3.63, 3.8) is 0 Å². The quantitative estimate of drug-likeness (QED) is 0.774. The number of hydrogen-bond acceptors (Lipinski definition) is 2. The van der Waals surface area contributed by atoms with Crippen LogP contribution in [0.1, 0.15) is 23.2 Å². The lowest BCUT2D eigenvalue weighted by Gasteiger charge is -2.30. The number of rotatable bonds is 2. The molecule has 1 aliphatic rings. The molecule has 1 aromatic rings. The predicted octanol–water partition coefficient (Wildman–Crippen LogP) is 2.68. The number of piperidine rings is 1. The van der Waals surface area contributed by atoms with Crippen molar-refractivity contribution in [2.24, 2.45) is 0 Å². The van der Waals surface area contributed by atoms with E-state index in [1.54, 1.807) is 11.0 Å². The van der Waals surface area contributed by atoms with Gasteiger partial charge in [0.05, 0.1) is 12.5 Å². The number of halogens is 2. The van der Waals surface area contributed by atoms with E-state index in [1.807, 2.05) is 0 Å². The van der Waals surface area contributed by atoms with Crippen molar-refractivity contribution < 1.29 is 13.9 Å². The molecule has 1 aliphatic heterocycles. The van der Waals surface area contributed by atoms with E-state index >= 15 is 0 Å². The molecule has 1 amide bonds. The van der Waals surface area contributed by atoms with Gasteiger partial charge in [0.2, 0.25) is 0 Å². The molecule has 98 valence electrons. The van der Waals surface area contributed by atoms with E-state index in [9.17, 15) is 9.18 Å². The summed E-state index contributed by atoms with van der Waals surface area (Å²) in [6.45, 7) is 1.07. The average molecular weight is 272 g/mol. The van der Waals surface area contributed by atoms with E-state index in [2.05, 4.69) is 0 Å². The fraction of sp³-hybridized carbons (Fsp3) is 0.462. The number of carbonyl (C=O) groups excluding carboxylic acids is 1. The summed E-state index contributed by atoms with van der Waals surface area (Å²) in [6.07, 6.45) is 1.73. The Morgan fingerprint density at radius 1 is 1.56 bits per heavy atom. The first-order valence-electron chi connectivity index (χ1n) is 5.89. The molecule has 1 saturated heterocycles. The zero-order valence-electron chi connectivity index (χ0n) is 10.2. The molecule has 1 unspecified atom stereocenters. The summed E-state index contributed by atoms with van der Waals surface area (Å²) in [5.41, 5.74) is -0.00855. The number of likely N-dealkylation sites (tertiary alicyclic amines) is 1. The van der Waals surface area contributed by atoms with E-state index in [1.165, 1.54) is 19.2 Å². The van der Waals surface area contributed by atoms with Gasteiger partial charge in [-0.25, -0.2) is 4.39 Å². The highest BCUT2D eigenvalue weighted by Gasteiger charge is 2.27. The third kappa shape index (κ3) is 2.58. The Hall–Kier alpha value is -1.29. The lowest BCUT2D eigenvalue weighted by Crippen LogP contribution is -2.40. The van der Waals surface area contributed by atoms with E-state index in [4.69, 9.17) is 16.3 Å². The summed E-state index contributed by atoms with van der Waals surface area (Å²) in [6, 6.07) is 4.36. The molecule has 0 spiro atoms. The zero-order valence-corrected chi connectivity index (χ0v) is 10.9. The van der Waals surface area contributed by atoms with Gasteiger partial charge in [0.25, 0.3) is 5.91 Å². The molecule has 5 heteroatoms. The SMILES string of the molecule is COc1cccc(F)c1C(=O)N1CCCC(Cl)C1. The van der Waals surface area contributed by atoms with Gasteiger partial charge in [-0.2, -0.15) is 0 Å². The van der Waals surface area contributed by atoms with E-state index in [0.29, 0.717) is 13.1 Å². The number of nitrogens with zero attached hydrogens (tertiary/aromatic N) is 1. The van der Waals surface area contributed by atoms with Crippen LogP contribution < -0.4 is 4.74 Å². The maximum Gasteiger partial charge on any atom is 0.260 e. The summed E-state index contributed by atoms with van der Waals surface area (Å²) < 4.78 is 18.8. The first kappa shape index (κ1) is 13.1. The lowest BCUT2D eigenvalue weighted by atomic mass is 10.1. The van der Waals surface area contributed by atoms with Crippen molar-refractivity contribution >= 4 is 17.5 Å². The van der Waals surface area contributed by atoms with Crippen molar-refractivity contribution in [1.82, 2.24) is 4.90 Å². The molecular formula is C13H15ClFNO2. The molecule has 0 aliphatic carbocycles. The second-order valence-electron chi connectivity index (χ2n) is 4.31.